The van der Waals surface area contributed by atoms with Gasteiger partial charge in [0.1, 0.15) is 6.61 Å². The van der Waals surface area contributed by atoms with Crippen molar-refractivity contribution < 1.29 is 24.2 Å². The number of alkyl carbamates (subject to hydrolysis) is 1. The average molecular weight is 465 g/mol. The maximum absolute atomic E-state index is 12.7. The maximum Gasteiger partial charge on any atom is 0.407 e. The number of carboxylic acids is 1. The van der Waals surface area contributed by atoms with Gasteiger partial charge in [-0.05, 0) is 47.4 Å². The van der Waals surface area contributed by atoms with Gasteiger partial charge in [0.2, 0.25) is 5.91 Å². The summed E-state index contributed by atoms with van der Waals surface area (Å²) < 4.78 is 5.65. The summed E-state index contributed by atoms with van der Waals surface area (Å²) in [5, 5.41) is 15.0. The molecule has 7 nitrogen and oxygen atoms in total. The standard InChI is InChI=1S/C27H32N2O5/c1-17(2)22(25(31)32)15-28-24(30)14-27(12-7-13-27)29-26(33)34-16-23-20-10-5-3-8-18(20)19-9-4-6-11-21(19)23/h3-6,8-11,17,22-23H,7,12-16H2,1-2H3,(H,28,30)(H,29,33)(H,31,32). The van der Waals surface area contributed by atoms with Crippen LogP contribution in [-0.2, 0) is 14.3 Å². The molecule has 1 fully saturated rings. The van der Waals surface area contributed by atoms with Gasteiger partial charge in [0.25, 0.3) is 0 Å². The normalized spacial score (nSPS) is 16.7. The fourth-order valence-electron chi connectivity index (χ4n) is 5.00. The second-order valence-corrected chi connectivity index (χ2v) is 9.75. The number of nitrogens with one attached hydrogen (secondary N) is 2. The number of ether oxygens (including phenoxy) is 1. The molecule has 180 valence electrons. The van der Waals surface area contributed by atoms with Gasteiger partial charge in [0.15, 0.2) is 0 Å². The number of aliphatic carboxylic acids is 1. The number of carbonyl (C=O) groups excluding carboxylic acids is 2. The highest BCUT2D eigenvalue weighted by molar-refractivity contribution is 5.81. The summed E-state index contributed by atoms with van der Waals surface area (Å²) in [5.41, 5.74) is 3.99. The van der Waals surface area contributed by atoms with E-state index < -0.39 is 23.5 Å². The largest absolute Gasteiger partial charge is 0.481 e. The van der Waals surface area contributed by atoms with Gasteiger partial charge in [-0.25, -0.2) is 4.79 Å². The van der Waals surface area contributed by atoms with Crippen molar-refractivity contribution in [3.63, 3.8) is 0 Å². The van der Waals surface area contributed by atoms with E-state index in [9.17, 15) is 19.5 Å². The van der Waals surface area contributed by atoms with Crippen molar-refractivity contribution in [2.45, 2.75) is 51.0 Å². The number of benzene rings is 2. The summed E-state index contributed by atoms with van der Waals surface area (Å²) in [6.45, 7) is 3.93. The Balaban J connectivity index is 1.33. The van der Waals surface area contributed by atoms with Crippen molar-refractivity contribution in [2.75, 3.05) is 13.2 Å². The van der Waals surface area contributed by atoms with E-state index in [0.717, 1.165) is 17.5 Å². The lowest BCUT2D eigenvalue weighted by Gasteiger charge is -2.41. The second kappa shape index (κ2) is 9.87. The summed E-state index contributed by atoms with van der Waals surface area (Å²) in [6, 6.07) is 16.3. The number of carboxylic acid groups (broad SMARTS) is 1. The van der Waals surface area contributed by atoms with Gasteiger partial charge in [-0.1, -0.05) is 62.4 Å². The SMILES string of the molecule is CC(C)C(CNC(=O)CC1(NC(=O)OCC2c3ccccc3-c3ccccc32)CCC1)C(=O)O. The van der Waals surface area contributed by atoms with Crippen LogP contribution in [0.4, 0.5) is 4.79 Å². The van der Waals surface area contributed by atoms with Crippen LogP contribution in [0.2, 0.25) is 0 Å². The van der Waals surface area contributed by atoms with Crippen LogP contribution in [0.1, 0.15) is 56.6 Å². The summed E-state index contributed by atoms with van der Waals surface area (Å²) in [6.07, 6.45) is 1.89. The smallest absolute Gasteiger partial charge is 0.407 e. The third-order valence-electron chi connectivity index (χ3n) is 7.16. The Kier molecular flexibility index (Phi) is 6.91. The lowest BCUT2D eigenvalue weighted by molar-refractivity contribution is -0.143. The van der Waals surface area contributed by atoms with Crippen LogP contribution >= 0.6 is 0 Å². The molecule has 2 aromatic carbocycles. The zero-order chi connectivity index (χ0) is 24.3. The zero-order valence-electron chi connectivity index (χ0n) is 19.7. The monoisotopic (exact) mass is 464 g/mol. The Morgan fingerprint density at radius 3 is 2.12 bits per heavy atom. The van der Waals surface area contributed by atoms with Crippen LogP contribution in [0.15, 0.2) is 48.5 Å². The lowest BCUT2D eigenvalue weighted by Crippen LogP contribution is -2.56. The molecule has 4 rings (SSSR count). The van der Waals surface area contributed by atoms with Gasteiger partial charge in [0, 0.05) is 18.9 Å². The topological polar surface area (TPSA) is 105 Å². The van der Waals surface area contributed by atoms with E-state index in [0.29, 0.717) is 12.8 Å². The molecule has 1 saturated carbocycles. The van der Waals surface area contributed by atoms with Crippen LogP contribution in [0.25, 0.3) is 11.1 Å². The Labute approximate surface area is 199 Å². The lowest BCUT2D eigenvalue weighted by atomic mass is 9.74. The molecule has 0 spiro atoms. The molecule has 1 atom stereocenters. The highest BCUT2D eigenvalue weighted by Gasteiger charge is 2.41. The highest BCUT2D eigenvalue weighted by atomic mass is 16.5. The molecule has 7 heteroatoms. The second-order valence-electron chi connectivity index (χ2n) is 9.75. The minimum atomic E-state index is -0.926. The van der Waals surface area contributed by atoms with Crippen LogP contribution in [0.5, 0.6) is 0 Å². The molecule has 0 bridgehead atoms. The van der Waals surface area contributed by atoms with Gasteiger partial charge in [-0.2, -0.15) is 0 Å². The third kappa shape index (κ3) is 4.93. The van der Waals surface area contributed by atoms with Gasteiger partial charge in [0.05, 0.1) is 11.5 Å². The fourth-order valence-corrected chi connectivity index (χ4v) is 5.00. The fraction of sp³-hybridized carbons (Fsp3) is 0.444. The van der Waals surface area contributed by atoms with Crippen molar-refractivity contribution in [3.05, 3.63) is 59.7 Å². The van der Waals surface area contributed by atoms with Crippen molar-refractivity contribution in [1.29, 1.82) is 0 Å². The number of hydrogen-bond acceptors (Lipinski definition) is 4. The summed E-state index contributed by atoms with van der Waals surface area (Å²) in [4.78, 5) is 36.6. The molecule has 0 saturated heterocycles. The van der Waals surface area contributed by atoms with E-state index >= 15 is 0 Å². The molecule has 0 radical (unpaired) electrons. The van der Waals surface area contributed by atoms with Crippen LogP contribution in [-0.4, -0.2) is 41.8 Å². The quantitative estimate of drug-likeness (QED) is 0.513. The van der Waals surface area contributed by atoms with Crippen LogP contribution in [0, 0.1) is 11.8 Å². The molecule has 1 unspecified atom stereocenters. The van der Waals surface area contributed by atoms with E-state index in [1.165, 1.54) is 11.1 Å². The van der Waals surface area contributed by atoms with Crippen molar-refractivity contribution in [1.82, 2.24) is 10.6 Å². The summed E-state index contributed by atoms with van der Waals surface area (Å²) in [5.74, 6) is -1.94. The van der Waals surface area contributed by atoms with E-state index in [1.54, 1.807) is 0 Å². The van der Waals surface area contributed by atoms with Crippen LogP contribution in [0.3, 0.4) is 0 Å². The number of hydrogen-bond donors (Lipinski definition) is 3. The highest BCUT2D eigenvalue weighted by Crippen LogP contribution is 2.44. The van der Waals surface area contributed by atoms with E-state index in [2.05, 4.69) is 34.9 Å². The molecular formula is C27H32N2O5. The number of rotatable bonds is 9. The maximum atomic E-state index is 12.7. The first kappa shape index (κ1) is 23.8. The molecular weight excluding hydrogens is 432 g/mol. The van der Waals surface area contributed by atoms with Crippen LogP contribution < -0.4 is 10.6 Å². The van der Waals surface area contributed by atoms with E-state index in [-0.39, 0.29) is 37.3 Å². The molecule has 3 N–H and O–H groups in total. The minimum absolute atomic E-state index is 0.0252. The molecule has 0 aromatic heterocycles. The van der Waals surface area contributed by atoms with Gasteiger partial charge >= 0.3 is 12.1 Å². The Morgan fingerprint density at radius 1 is 1.03 bits per heavy atom. The Hall–Kier alpha value is -3.35. The zero-order valence-corrected chi connectivity index (χ0v) is 19.7. The minimum Gasteiger partial charge on any atom is -0.481 e. The average Bonchev–Trinajstić information content (AvgIpc) is 3.09. The molecule has 0 heterocycles. The number of fused-ring (bicyclic) bond motifs is 3. The molecule has 2 amide bonds. The Bertz CT molecular complexity index is 1030. The van der Waals surface area contributed by atoms with Crippen molar-refractivity contribution in [2.24, 2.45) is 11.8 Å². The first-order chi connectivity index (χ1) is 16.3. The van der Waals surface area contributed by atoms with E-state index in [4.69, 9.17) is 4.74 Å². The van der Waals surface area contributed by atoms with Crippen molar-refractivity contribution in [3.8, 4) is 11.1 Å². The first-order valence-corrected chi connectivity index (χ1v) is 11.9. The molecule has 34 heavy (non-hydrogen) atoms. The molecule has 0 aliphatic heterocycles. The van der Waals surface area contributed by atoms with E-state index in [1.807, 2.05) is 38.1 Å². The van der Waals surface area contributed by atoms with Gasteiger partial charge in [-0.3, -0.25) is 9.59 Å². The summed E-state index contributed by atoms with van der Waals surface area (Å²) in [7, 11) is 0. The number of carbonyl (C=O) groups is 3. The molecule has 2 aliphatic carbocycles. The first-order valence-electron chi connectivity index (χ1n) is 11.9. The predicted octanol–water partition coefficient (Wildman–Crippen LogP) is 4.31. The predicted molar refractivity (Wildman–Crippen MR) is 128 cm³/mol. The Morgan fingerprint density at radius 2 is 1.62 bits per heavy atom. The van der Waals surface area contributed by atoms with Gasteiger partial charge in [-0.15, -0.1) is 0 Å². The summed E-state index contributed by atoms with van der Waals surface area (Å²) >= 11 is 0. The van der Waals surface area contributed by atoms with Gasteiger partial charge < -0.3 is 20.5 Å². The molecule has 2 aliphatic rings. The third-order valence-corrected chi connectivity index (χ3v) is 7.16. The molecule has 2 aromatic rings. The number of amides is 2. The van der Waals surface area contributed by atoms with Crippen molar-refractivity contribution >= 4 is 18.0 Å².